The normalized spacial score (nSPS) is 11.1. The van der Waals surface area contributed by atoms with Crippen molar-refractivity contribution in [3.8, 4) is 5.75 Å². The van der Waals surface area contributed by atoms with Crippen LogP contribution in [0.3, 0.4) is 0 Å². The minimum Gasteiger partial charge on any atom is -0.492 e. The molecule has 2 N–H and O–H groups in total. The summed E-state index contributed by atoms with van der Waals surface area (Å²) in [5.41, 5.74) is 6.43. The van der Waals surface area contributed by atoms with E-state index in [2.05, 4.69) is 18.7 Å². The second-order valence-electron chi connectivity index (χ2n) is 5.42. The number of rotatable bonds is 10. The average Bonchev–Trinajstić information content (AvgIpc) is 2.44. The summed E-state index contributed by atoms with van der Waals surface area (Å²) in [7, 11) is 1.73. The zero-order chi connectivity index (χ0) is 15.7. The van der Waals surface area contributed by atoms with Gasteiger partial charge in [0.2, 0.25) is 0 Å². The van der Waals surface area contributed by atoms with Gasteiger partial charge in [-0.1, -0.05) is 26.1 Å². The molecule has 0 spiro atoms. The first kappa shape index (κ1) is 17.9. The van der Waals surface area contributed by atoms with E-state index in [4.69, 9.17) is 27.4 Å². The first-order chi connectivity index (χ1) is 10.0. The van der Waals surface area contributed by atoms with Gasteiger partial charge in [0.05, 0.1) is 6.61 Å². The molecule has 0 bridgehead atoms. The lowest BCUT2D eigenvalue weighted by Crippen LogP contribution is -2.34. The predicted molar refractivity (Wildman–Crippen MR) is 91.0 cm³/mol. The number of benzene rings is 1. The van der Waals surface area contributed by atoms with Gasteiger partial charge in [0.15, 0.2) is 0 Å². The molecule has 0 atom stereocenters. The lowest BCUT2D eigenvalue weighted by atomic mass is 10.2. The van der Waals surface area contributed by atoms with E-state index in [9.17, 15) is 0 Å². The molecule has 0 heterocycles. The monoisotopic (exact) mass is 310 g/mol. The van der Waals surface area contributed by atoms with Crippen molar-refractivity contribution >= 4 is 17.2 Å². The van der Waals surface area contributed by atoms with Crippen molar-refractivity contribution in [2.24, 2.45) is 11.7 Å². The van der Waals surface area contributed by atoms with E-state index in [0.717, 1.165) is 37.6 Å². The third-order valence-electron chi connectivity index (χ3n) is 3.05. The number of nitrogens with two attached hydrogens (primary N) is 1. The molecule has 1 aromatic rings. The molecule has 4 nitrogen and oxygen atoms in total. The van der Waals surface area contributed by atoms with Gasteiger partial charge in [-0.15, -0.1) is 0 Å². The molecular formula is C16H26N2O2S. The Morgan fingerprint density at radius 1 is 1.19 bits per heavy atom. The number of hydrogen-bond donors (Lipinski definition) is 1. The maximum atomic E-state index is 5.77. The molecular weight excluding hydrogens is 284 g/mol. The SMILES string of the molecule is COCCN(CCOc1ccc(C(N)=S)cc1)CC(C)C. The van der Waals surface area contributed by atoms with Gasteiger partial charge in [0.25, 0.3) is 0 Å². The summed E-state index contributed by atoms with van der Waals surface area (Å²) >= 11 is 4.93. The summed E-state index contributed by atoms with van der Waals surface area (Å²) < 4.78 is 10.9. The Morgan fingerprint density at radius 2 is 1.81 bits per heavy atom. The summed E-state index contributed by atoms with van der Waals surface area (Å²) in [6.07, 6.45) is 0. The summed E-state index contributed by atoms with van der Waals surface area (Å²) in [5.74, 6) is 1.47. The smallest absolute Gasteiger partial charge is 0.119 e. The zero-order valence-electron chi connectivity index (χ0n) is 13.2. The predicted octanol–water partition coefficient (Wildman–Crippen LogP) is 2.30. The molecule has 0 radical (unpaired) electrons. The number of hydrogen-bond acceptors (Lipinski definition) is 4. The first-order valence-electron chi connectivity index (χ1n) is 7.27. The van der Waals surface area contributed by atoms with Gasteiger partial charge in [-0.05, 0) is 30.2 Å². The van der Waals surface area contributed by atoms with E-state index in [1.807, 2.05) is 24.3 Å². The van der Waals surface area contributed by atoms with Crippen molar-refractivity contribution in [1.82, 2.24) is 4.90 Å². The van der Waals surface area contributed by atoms with Crippen molar-refractivity contribution in [2.75, 3.05) is 40.0 Å². The lowest BCUT2D eigenvalue weighted by Gasteiger charge is -2.23. The van der Waals surface area contributed by atoms with Crippen LogP contribution in [-0.2, 0) is 4.74 Å². The third kappa shape index (κ3) is 7.41. The van der Waals surface area contributed by atoms with E-state index in [1.165, 1.54) is 0 Å². The lowest BCUT2D eigenvalue weighted by molar-refractivity contribution is 0.127. The van der Waals surface area contributed by atoms with E-state index >= 15 is 0 Å². The van der Waals surface area contributed by atoms with Gasteiger partial charge >= 0.3 is 0 Å². The summed E-state index contributed by atoms with van der Waals surface area (Å²) in [6, 6.07) is 7.57. The van der Waals surface area contributed by atoms with E-state index < -0.39 is 0 Å². The van der Waals surface area contributed by atoms with E-state index in [0.29, 0.717) is 17.5 Å². The van der Waals surface area contributed by atoms with Crippen molar-refractivity contribution in [1.29, 1.82) is 0 Å². The van der Waals surface area contributed by atoms with E-state index in [-0.39, 0.29) is 0 Å². The van der Waals surface area contributed by atoms with Crippen molar-refractivity contribution in [2.45, 2.75) is 13.8 Å². The van der Waals surface area contributed by atoms with Gasteiger partial charge in [-0.25, -0.2) is 0 Å². The number of ether oxygens (including phenoxy) is 2. The molecule has 118 valence electrons. The summed E-state index contributed by atoms with van der Waals surface area (Å²) in [4.78, 5) is 2.77. The number of thiocarbonyl (C=S) groups is 1. The third-order valence-corrected chi connectivity index (χ3v) is 3.29. The van der Waals surface area contributed by atoms with Crippen LogP contribution in [0.15, 0.2) is 24.3 Å². The minimum atomic E-state index is 0.407. The molecule has 0 aliphatic heterocycles. The molecule has 0 unspecified atom stereocenters. The van der Waals surface area contributed by atoms with Gasteiger partial charge in [0.1, 0.15) is 17.3 Å². The van der Waals surface area contributed by atoms with Crippen LogP contribution in [0.2, 0.25) is 0 Å². The van der Waals surface area contributed by atoms with Gasteiger partial charge in [-0.3, -0.25) is 4.90 Å². The Labute approximate surface area is 133 Å². The van der Waals surface area contributed by atoms with Crippen LogP contribution in [0, 0.1) is 5.92 Å². The van der Waals surface area contributed by atoms with Crippen LogP contribution in [0.1, 0.15) is 19.4 Å². The molecule has 1 rings (SSSR count). The fraction of sp³-hybridized carbons (Fsp3) is 0.562. The summed E-state index contributed by atoms with van der Waals surface area (Å²) in [6.45, 7) is 8.70. The largest absolute Gasteiger partial charge is 0.492 e. The molecule has 21 heavy (non-hydrogen) atoms. The molecule has 0 saturated carbocycles. The van der Waals surface area contributed by atoms with Crippen molar-refractivity contribution in [3.63, 3.8) is 0 Å². The number of nitrogens with zero attached hydrogens (tertiary/aromatic N) is 1. The quantitative estimate of drug-likeness (QED) is 0.672. The maximum absolute atomic E-state index is 5.77. The van der Waals surface area contributed by atoms with E-state index in [1.54, 1.807) is 7.11 Å². The molecule has 1 aromatic carbocycles. The average molecular weight is 310 g/mol. The molecule has 0 aliphatic rings. The van der Waals surface area contributed by atoms with Gasteiger partial charge in [0, 0.05) is 32.3 Å². The topological polar surface area (TPSA) is 47.7 Å². The van der Waals surface area contributed by atoms with Crippen LogP contribution in [-0.4, -0.2) is 49.8 Å². The molecule has 5 heteroatoms. The Hall–Kier alpha value is -1.17. The minimum absolute atomic E-state index is 0.407. The highest BCUT2D eigenvalue weighted by Crippen LogP contribution is 2.12. The second kappa shape index (κ2) is 9.71. The Kier molecular flexibility index (Phi) is 8.27. The number of methoxy groups -OCH3 is 1. The van der Waals surface area contributed by atoms with Crippen molar-refractivity contribution < 1.29 is 9.47 Å². The Morgan fingerprint density at radius 3 is 2.33 bits per heavy atom. The molecule has 0 fully saturated rings. The highest BCUT2D eigenvalue weighted by Gasteiger charge is 2.07. The van der Waals surface area contributed by atoms with Crippen LogP contribution in [0.25, 0.3) is 0 Å². The zero-order valence-corrected chi connectivity index (χ0v) is 14.0. The highest BCUT2D eigenvalue weighted by molar-refractivity contribution is 7.80. The summed E-state index contributed by atoms with van der Waals surface area (Å²) in [5, 5.41) is 0. The van der Waals surface area contributed by atoms with Gasteiger partial charge in [-0.2, -0.15) is 0 Å². The molecule has 0 aliphatic carbocycles. The van der Waals surface area contributed by atoms with Crippen molar-refractivity contribution in [3.05, 3.63) is 29.8 Å². The Bertz CT molecular complexity index is 421. The maximum Gasteiger partial charge on any atom is 0.119 e. The van der Waals surface area contributed by atoms with Crippen LogP contribution in [0.5, 0.6) is 5.75 Å². The van der Waals surface area contributed by atoms with Crippen LogP contribution in [0.4, 0.5) is 0 Å². The fourth-order valence-corrected chi connectivity index (χ4v) is 2.18. The fourth-order valence-electron chi connectivity index (χ4n) is 2.04. The first-order valence-corrected chi connectivity index (χ1v) is 7.67. The highest BCUT2D eigenvalue weighted by atomic mass is 32.1. The second-order valence-corrected chi connectivity index (χ2v) is 5.86. The standard InChI is InChI=1S/C16H26N2O2S/c1-13(2)12-18(8-10-19-3)9-11-20-15-6-4-14(5-7-15)16(17)21/h4-7,13H,8-12H2,1-3H3,(H2,17,21). The Balaban J connectivity index is 2.39. The van der Waals surface area contributed by atoms with Gasteiger partial charge < -0.3 is 15.2 Å². The van der Waals surface area contributed by atoms with Crippen LogP contribution < -0.4 is 10.5 Å². The molecule has 0 aromatic heterocycles. The molecule has 0 amide bonds. The van der Waals surface area contributed by atoms with Crippen LogP contribution >= 0.6 is 12.2 Å². The molecule has 0 saturated heterocycles.